The Morgan fingerprint density at radius 2 is 2.15 bits per heavy atom. The lowest BCUT2D eigenvalue weighted by atomic mass is 10.1. The van der Waals surface area contributed by atoms with Gasteiger partial charge in [-0.3, -0.25) is 24.9 Å². The second-order valence-electron chi connectivity index (χ2n) is 4.72. The zero-order chi connectivity index (χ0) is 15.1. The number of nitrogen functional groups attached to an aromatic ring is 1. The normalized spacial score (nSPS) is 12.1. The Bertz CT molecular complexity index is 460. The first kappa shape index (κ1) is 16.1. The van der Waals surface area contributed by atoms with Crippen LogP contribution in [0.5, 0.6) is 0 Å². The number of carbonyl (C=O) groups is 2. The summed E-state index contributed by atoms with van der Waals surface area (Å²) in [7, 11) is 3.54. The van der Waals surface area contributed by atoms with Crippen molar-refractivity contribution >= 4 is 11.8 Å². The minimum absolute atomic E-state index is 0.0137. The van der Waals surface area contributed by atoms with E-state index in [4.69, 9.17) is 5.84 Å². The summed E-state index contributed by atoms with van der Waals surface area (Å²) in [5.74, 6) is 4.60. The topological polar surface area (TPSA) is 100 Å². The van der Waals surface area contributed by atoms with Gasteiger partial charge in [0.05, 0.1) is 11.3 Å². The molecule has 7 heteroatoms. The van der Waals surface area contributed by atoms with Gasteiger partial charge >= 0.3 is 0 Å². The van der Waals surface area contributed by atoms with Gasteiger partial charge in [0.25, 0.3) is 5.91 Å². The fourth-order valence-corrected chi connectivity index (χ4v) is 1.87. The number of nitrogens with two attached hydrogens (primary N) is 1. The highest BCUT2D eigenvalue weighted by Crippen LogP contribution is 2.05. The van der Waals surface area contributed by atoms with Crippen molar-refractivity contribution in [3.63, 3.8) is 0 Å². The standard InChI is InChI=1S/C13H21N5O2/c1-9(12(19)15-2)7-18(3)8-11-5-4-10(6-16-11)13(20)17-14/h4-6,9H,7-8,14H2,1-3H3,(H,15,19)(H,17,20). The number of hydrogen-bond donors (Lipinski definition) is 3. The molecular formula is C13H21N5O2. The molecule has 0 aliphatic heterocycles. The van der Waals surface area contributed by atoms with E-state index in [0.717, 1.165) is 5.69 Å². The monoisotopic (exact) mass is 279 g/mol. The van der Waals surface area contributed by atoms with Gasteiger partial charge in [-0.1, -0.05) is 6.92 Å². The Labute approximate surface area is 118 Å². The first-order valence-electron chi connectivity index (χ1n) is 6.34. The summed E-state index contributed by atoms with van der Waals surface area (Å²) in [4.78, 5) is 28.9. The zero-order valence-corrected chi connectivity index (χ0v) is 12.0. The van der Waals surface area contributed by atoms with E-state index >= 15 is 0 Å². The summed E-state index contributed by atoms with van der Waals surface area (Å²) in [6, 6.07) is 3.44. The molecule has 1 heterocycles. The van der Waals surface area contributed by atoms with E-state index < -0.39 is 0 Å². The average molecular weight is 279 g/mol. The van der Waals surface area contributed by atoms with E-state index in [1.165, 1.54) is 6.20 Å². The third-order valence-corrected chi connectivity index (χ3v) is 2.93. The quantitative estimate of drug-likeness (QED) is 0.370. The molecule has 0 saturated carbocycles. The lowest BCUT2D eigenvalue weighted by Gasteiger charge is -2.20. The summed E-state index contributed by atoms with van der Waals surface area (Å²) >= 11 is 0. The summed E-state index contributed by atoms with van der Waals surface area (Å²) in [5, 5.41) is 2.62. The third kappa shape index (κ3) is 4.60. The van der Waals surface area contributed by atoms with E-state index in [0.29, 0.717) is 18.7 Å². The summed E-state index contributed by atoms with van der Waals surface area (Å²) in [6.07, 6.45) is 1.48. The van der Waals surface area contributed by atoms with Gasteiger partial charge in [-0.25, -0.2) is 5.84 Å². The zero-order valence-electron chi connectivity index (χ0n) is 12.0. The average Bonchev–Trinajstić information content (AvgIpc) is 2.46. The van der Waals surface area contributed by atoms with Crippen LogP contribution in [0.25, 0.3) is 0 Å². The molecule has 1 aromatic heterocycles. The molecule has 7 nitrogen and oxygen atoms in total. The molecule has 2 amide bonds. The molecule has 20 heavy (non-hydrogen) atoms. The van der Waals surface area contributed by atoms with Crippen molar-refractivity contribution in [2.75, 3.05) is 20.6 Å². The Kier molecular flexibility index (Phi) is 6.08. The molecule has 0 bridgehead atoms. The number of hydrogen-bond acceptors (Lipinski definition) is 5. The van der Waals surface area contributed by atoms with Crippen molar-refractivity contribution < 1.29 is 9.59 Å². The van der Waals surface area contributed by atoms with Crippen LogP contribution in [0, 0.1) is 5.92 Å². The third-order valence-electron chi connectivity index (χ3n) is 2.93. The van der Waals surface area contributed by atoms with Crippen LogP contribution in [0.1, 0.15) is 23.0 Å². The minimum atomic E-state index is -0.370. The Morgan fingerprint density at radius 3 is 2.65 bits per heavy atom. The van der Waals surface area contributed by atoms with Gasteiger partial charge in [0, 0.05) is 32.3 Å². The number of carbonyl (C=O) groups excluding carboxylic acids is 2. The van der Waals surface area contributed by atoms with Gasteiger partial charge < -0.3 is 5.32 Å². The van der Waals surface area contributed by atoms with Gasteiger partial charge in [0.1, 0.15) is 0 Å². The highest BCUT2D eigenvalue weighted by molar-refractivity contribution is 5.93. The number of nitrogens with one attached hydrogen (secondary N) is 2. The molecule has 0 radical (unpaired) electrons. The molecule has 1 atom stereocenters. The number of amides is 2. The van der Waals surface area contributed by atoms with Crippen molar-refractivity contribution in [3.8, 4) is 0 Å². The van der Waals surface area contributed by atoms with E-state index in [-0.39, 0.29) is 17.7 Å². The smallest absolute Gasteiger partial charge is 0.266 e. The van der Waals surface area contributed by atoms with Gasteiger partial charge in [-0.2, -0.15) is 0 Å². The van der Waals surface area contributed by atoms with Crippen LogP contribution >= 0.6 is 0 Å². The number of aromatic nitrogens is 1. The van der Waals surface area contributed by atoms with Gasteiger partial charge in [0.2, 0.25) is 5.91 Å². The van der Waals surface area contributed by atoms with E-state index in [9.17, 15) is 9.59 Å². The molecule has 1 unspecified atom stereocenters. The molecule has 4 N–H and O–H groups in total. The highest BCUT2D eigenvalue weighted by Gasteiger charge is 2.14. The van der Waals surface area contributed by atoms with Crippen LogP contribution in [0.3, 0.4) is 0 Å². The Morgan fingerprint density at radius 1 is 1.45 bits per heavy atom. The SMILES string of the molecule is CNC(=O)C(C)CN(C)Cc1ccc(C(=O)NN)cn1. The van der Waals surface area contributed by atoms with Crippen LogP contribution in [-0.2, 0) is 11.3 Å². The lowest BCUT2D eigenvalue weighted by molar-refractivity contribution is -0.124. The van der Waals surface area contributed by atoms with Crippen LogP contribution < -0.4 is 16.6 Å². The summed E-state index contributed by atoms with van der Waals surface area (Å²) in [6.45, 7) is 3.11. The molecular weight excluding hydrogens is 258 g/mol. The van der Waals surface area contributed by atoms with Crippen LogP contribution in [-0.4, -0.2) is 42.3 Å². The van der Waals surface area contributed by atoms with Crippen molar-refractivity contribution in [1.82, 2.24) is 20.6 Å². The van der Waals surface area contributed by atoms with Crippen LogP contribution in [0.15, 0.2) is 18.3 Å². The fraction of sp³-hybridized carbons (Fsp3) is 0.462. The molecule has 0 aromatic carbocycles. The van der Waals surface area contributed by atoms with E-state index in [1.54, 1.807) is 19.2 Å². The lowest BCUT2D eigenvalue weighted by Crippen LogP contribution is -2.34. The van der Waals surface area contributed by atoms with Crippen molar-refractivity contribution in [3.05, 3.63) is 29.6 Å². The van der Waals surface area contributed by atoms with Crippen molar-refractivity contribution in [1.29, 1.82) is 0 Å². The Hall–Kier alpha value is -1.99. The van der Waals surface area contributed by atoms with Crippen LogP contribution in [0.4, 0.5) is 0 Å². The molecule has 0 aliphatic carbocycles. The highest BCUT2D eigenvalue weighted by atomic mass is 16.2. The summed E-state index contributed by atoms with van der Waals surface area (Å²) in [5.41, 5.74) is 3.29. The summed E-state index contributed by atoms with van der Waals surface area (Å²) < 4.78 is 0. The number of pyridine rings is 1. The maximum Gasteiger partial charge on any atom is 0.266 e. The van der Waals surface area contributed by atoms with Crippen LogP contribution in [0.2, 0.25) is 0 Å². The second-order valence-corrected chi connectivity index (χ2v) is 4.72. The molecule has 1 rings (SSSR count). The maximum absolute atomic E-state index is 11.4. The molecule has 0 spiro atoms. The molecule has 110 valence electrons. The van der Waals surface area contributed by atoms with Crippen molar-refractivity contribution in [2.24, 2.45) is 11.8 Å². The predicted molar refractivity (Wildman–Crippen MR) is 75.5 cm³/mol. The molecule has 0 saturated heterocycles. The minimum Gasteiger partial charge on any atom is -0.359 e. The first-order chi connectivity index (χ1) is 9.47. The molecule has 1 aromatic rings. The van der Waals surface area contributed by atoms with Gasteiger partial charge in [0.15, 0.2) is 0 Å². The molecule has 0 fully saturated rings. The largest absolute Gasteiger partial charge is 0.359 e. The fourth-order valence-electron chi connectivity index (χ4n) is 1.87. The second kappa shape index (κ2) is 7.56. The maximum atomic E-state index is 11.4. The van der Waals surface area contributed by atoms with Gasteiger partial charge in [-0.15, -0.1) is 0 Å². The Balaban J connectivity index is 2.56. The molecule has 0 aliphatic rings. The predicted octanol–water partition coefficient (Wildman–Crippen LogP) is -0.501. The van der Waals surface area contributed by atoms with E-state index in [2.05, 4.69) is 15.7 Å². The number of nitrogens with zero attached hydrogens (tertiary/aromatic N) is 2. The van der Waals surface area contributed by atoms with Gasteiger partial charge in [-0.05, 0) is 19.2 Å². The van der Waals surface area contributed by atoms with E-state index in [1.807, 2.05) is 18.9 Å². The number of rotatable bonds is 6. The van der Waals surface area contributed by atoms with Crippen molar-refractivity contribution in [2.45, 2.75) is 13.5 Å². The first-order valence-corrected chi connectivity index (χ1v) is 6.34. The number of hydrazine groups is 1.